The fourth-order valence-corrected chi connectivity index (χ4v) is 4.80. The van der Waals surface area contributed by atoms with Gasteiger partial charge in [0, 0.05) is 6.04 Å². The van der Waals surface area contributed by atoms with E-state index in [9.17, 15) is 9.59 Å². The minimum atomic E-state index is -0.00856. The molecule has 4 atom stereocenters. The lowest BCUT2D eigenvalue weighted by atomic mass is 9.85. The molecule has 4 rings (SSSR count). The predicted octanol–water partition coefficient (Wildman–Crippen LogP) is 2.52. The van der Waals surface area contributed by atoms with E-state index in [2.05, 4.69) is 12.2 Å². The standard InChI is InChI=1S/C16H21NO2/c18-15-13-10-7-8-11(9-10)14(13)16(19)17(15)12-5-3-1-2-4-6-12/h7-8,10-14H,1-6,9H2/t10-,11+,13-,14-/m0/s1. The van der Waals surface area contributed by atoms with Gasteiger partial charge in [0.05, 0.1) is 11.8 Å². The maximum atomic E-state index is 12.7. The van der Waals surface area contributed by atoms with Gasteiger partial charge in [0.1, 0.15) is 0 Å². The number of fused-ring (bicyclic) bond motifs is 5. The first-order valence-corrected chi connectivity index (χ1v) is 7.82. The number of carbonyl (C=O) groups is 2. The molecule has 2 saturated carbocycles. The van der Waals surface area contributed by atoms with Gasteiger partial charge in [-0.3, -0.25) is 14.5 Å². The average molecular weight is 259 g/mol. The molecule has 1 heterocycles. The second-order valence-corrected chi connectivity index (χ2v) is 6.69. The Bertz CT molecular complexity index is 418. The van der Waals surface area contributed by atoms with Crippen LogP contribution in [0, 0.1) is 23.7 Å². The van der Waals surface area contributed by atoms with Gasteiger partial charge in [-0.25, -0.2) is 0 Å². The van der Waals surface area contributed by atoms with E-state index in [1.165, 1.54) is 25.7 Å². The monoisotopic (exact) mass is 259 g/mol. The summed E-state index contributed by atoms with van der Waals surface area (Å²) in [6.45, 7) is 0. The smallest absolute Gasteiger partial charge is 0.233 e. The van der Waals surface area contributed by atoms with Gasteiger partial charge in [-0.15, -0.1) is 0 Å². The second-order valence-electron chi connectivity index (χ2n) is 6.69. The topological polar surface area (TPSA) is 37.4 Å². The lowest BCUT2D eigenvalue weighted by molar-refractivity contribution is -0.143. The van der Waals surface area contributed by atoms with Crippen molar-refractivity contribution in [1.29, 1.82) is 0 Å². The molecule has 2 amide bonds. The molecule has 102 valence electrons. The van der Waals surface area contributed by atoms with Crippen LogP contribution < -0.4 is 0 Å². The molecule has 0 unspecified atom stereocenters. The molecule has 0 spiro atoms. The van der Waals surface area contributed by atoms with Crippen LogP contribution in [-0.2, 0) is 9.59 Å². The molecule has 3 aliphatic carbocycles. The maximum Gasteiger partial charge on any atom is 0.233 e. The molecule has 2 bridgehead atoms. The Kier molecular flexibility index (Phi) is 2.58. The van der Waals surface area contributed by atoms with Gasteiger partial charge in [-0.1, -0.05) is 37.8 Å². The summed E-state index contributed by atoms with van der Waals surface area (Å²) < 4.78 is 0. The van der Waals surface area contributed by atoms with Crippen LogP contribution in [0.5, 0.6) is 0 Å². The van der Waals surface area contributed by atoms with Gasteiger partial charge in [0.15, 0.2) is 0 Å². The van der Waals surface area contributed by atoms with Crippen molar-refractivity contribution in [3.05, 3.63) is 12.2 Å². The highest BCUT2D eigenvalue weighted by Crippen LogP contribution is 2.53. The van der Waals surface area contributed by atoms with Gasteiger partial charge in [0.2, 0.25) is 11.8 Å². The third kappa shape index (κ3) is 1.56. The van der Waals surface area contributed by atoms with Crippen molar-refractivity contribution in [2.45, 2.75) is 51.0 Å². The number of amides is 2. The molecular weight excluding hydrogens is 238 g/mol. The van der Waals surface area contributed by atoms with Crippen molar-refractivity contribution < 1.29 is 9.59 Å². The number of rotatable bonds is 1. The summed E-state index contributed by atoms with van der Waals surface area (Å²) in [4.78, 5) is 27.0. The summed E-state index contributed by atoms with van der Waals surface area (Å²) in [5.41, 5.74) is 0. The van der Waals surface area contributed by atoms with E-state index in [0.29, 0.717) is 11.8 Å². The number of carbonyl (C=O) groups excluding carboxylic acids is 2. The lowest BCUT2D eigenvalue weighted by Gasteiger charge is -2.26. The molecule has 3 nitrogen and oxygen atoms in total. The second kappa shape index (κ2) is 4.19. The third-order valence-corrected chi connectivity index (χ3v) is 5.69. The number of likely N-dealkylation sites (tertiary alicyclic amines) is 1. The summed E-state index contributed by atoms with van der Waals surface area (Å²) >= 11 is 0. The molecule has 1 saturated heterocycles. The molecule has 0 aromatic rings. The van der Waals surface area contributed by atoms with E-state index in [1.54, 1.807) is 4.90 Å². The molecule has 0 radical (unpaired) electrons. The number of hydrogen-bond donors (Lipinski definition) is 0. The predicted molar refractivity (Wildman–Crippen MR) is 71.1 cm³/mol. The van der Waals surface area contributed by atoms with Crippen molar-refractivity contribution >= 4 is 11.8 Å². The molecular formula is C16H21NO2. The quantitative estimate of drug-likeness (QED) is 0.412. The van der Waals surface area contributed by atoms with Crippen LogP contribution in [-0.4, -0.2) is 22.8 Å². The largest absolute Gasteiger partial charge is 0.279 e. The molecule has 4 aliphatic rings. The third-order valence-electron chi connectivity index (χ3n) is 5.69. The highest BCUT2D eigenvalue weighted by Gasteiger charge is 2.60. The number of imide groups is 1. The Morgan fingerprint density at radius 1 is 0.842 bits per heavy atom. The van der Waals surface area contributed by atoms with Gasteiger partial charge in [-0.05, 0) is 31.1 Å². The Labute approximate surface area is 114 Å². The zero-order valence-electron chi connectivity index (χ0n) is 11.3. The number of nitrogens with zero attached hydrogens (tertiary/aromatic N) is 1. The van der Waals surface area contributed by atoms with Crippen LogP contribution in [0.15, 0.2) is 12.2 Å². The van der Waals surface area contributed by atoms with Crippen LogP contribution in [0.25, 0.3) is 0 Å². The first-order chi connectivity index (χ1) is 9.27. The molecule has 0 aromatic carbocycles. The summed E-state index contributed by atoms with van der Waals surface area (Å²) in [5, 5.41) is 0. The highest BCUT2D eigenvalue weighted by molar-refractivity contribution is 6.06. The van der Waals surface area contributed by atoms with E-state index in [4.69, 9.17) is 0 Å². The molecule has 1 aliphatic heterocycles. The van der Waals surface area contributed by atoms with Gasteiger partial charge < -0.3 is 0 Å². The Morgan fingerprint density at radius 3 is 1.89 bits per heavy atom. The SMILES string of the molecule is O=C1[C@@H]2[C@@H](C(=O)N1C1CCCCCC1)[C@H]1C=C[C@@H]2C1. The summed E-state index contributed by atoms with van der Waals surface area (Å²) in [5.74, 6) is 0.985. The first-order valence-electron chi connectivity index (χ1n) is 7.82. The minimum absolute atomic E-state index is 0.00856. The summed E-state index contributed by atoms with van der Waals surface area (Å²) in [7, 11) is 0. The maximum absolute atomic E-state index is 12.7. The van der Waals surface area contributed by atoms with Crippen LogP contribution in [0.2, 0.25) is 0 Å². The first kappa shape index (κ1) is 11.7. The molecule has 3 fully saturated rings. The number of hydrogen-bond acceptors (Lipinski definition) is 2. The zero-order chi connectivity index (χ0) is 13.0. The minimum Gasteiger partial charge on any atom is -0.279 e. The molecule has 19 heavy (non-hydrogen) atoms. The van der Waals surface area contributed by atoms with Crippen LogP contribution in [0.3, 0.4) is 0 Å². The van der Waals surface area contributed by atoms with Crippen molar-refractivity contribution in [3.63, 3.8) is 0 Å². The van der Waals surface area contributed by atoms with Crippen LogP contribution >= 0.6 is 0 Å². The van der Waals surface area contributed by atoms with Crippen LogP contribution in [0.4, 0.5) is 0 Å². The zero-order valence-corrected chi connectivity index (χ0v) is 11.3. The number of allylic oxidation sites excluding steroid dienone is 2. The van der Waals surface area contributed by atoms with Gasteiger partial charge in [-0.2, -0.15) is 0 Å². The van der Waals surface area contributed by atoms with Crippen LogP contribution in [0.1, 0.15) is 44.9 Å². The normalized spacial score (nSPS) is 42.0. The van der Waals surface area contributed by atoms with Crippen molar-refractivity contribution in [2.24, 2.45) is 23.7 Å². The van der Waals surface area contributed by atoms with E-state index in [0.717, 1.165) is 19.3 Å². The van der Waals surface area contributed by atoms with Crippen molar-refractivity contribution in [1.82, 2.24) is 4.90 Å². The highest BCUT2D eigenvalue weighted by atomic mass is 16.2. The van der Waals surface area contributed by atoms with E-state index in [1.807, 2.05) is 0 Å². The van der Waals surface area contributed by atoms with Gasteiger partial charge in [0.25, 0.3) is 0 Å². The Balaban J connectivity index is 1.61. The van der Waals surface area contributed by atoms with E-state index >= 15 is 0 Å². The fourth-order valence-electron chi connectivity index (χ4n) is 4.80. The summed E-state index contributed by atoms with van der Waals surface area (Å²) in [6.07, 6.45) is 12.3. The molecule has 0 N–H and O–H groups in total. The molecule has 0 aromatic heterocycles. The molecule has 3 heteroatoms. The van der Waals surface area contributed by atoms with Gasteiger partial charge >= 0.3 is 0 Å². The van der Waals surface area contributed by atoms with E-state index in [-0.39, 0.29) is 29.7 Å². The van der Waals surface area contributed by atoms with Crippen molar-refractivity contribution in [3.8, 4) is 0 Å². The fraction of sp³-hybridized carbons (Fsp3) is 0.750. The summed E-state index contributed by atoms with van der Waals surface area (Å²) in [6, 6.07) is 0.201. The van der Waals surface area contributed by atoms with Crippen molar-refractivity contribution in [2.75, 3.05) is 0 Å². The van der Waals surface area contributed by atoms with E-state index < -0.39 is 0 Å². The average Bonchev–Trinajstić information content (AvgIpc) is 3.00. The Morgan fingerprint density at radius 2 is 1.37 bits per heavy atom. The lowest BCUT2D eigenvalue weighted by Crippen LogP contribution is -2.41. The Hall–Kier alpha value is -1.12.